The first kappa shape index (κ1) is 19.9. The van der Waals surface area contributed by atoms with Crippen LogP contribution in [-0.2, 0) is 4.79 Å². The smallest absolute Gasteiger partial charge is 0.294 e. The molecule has 32 heavy (non-hydrogen) atoms. The number of ketones is 1. The van der Waals surface area contributed by atoms with E-state index in [1.807, 2.05) is 13.8 Å². The molecule has 0 fully saturated rings. The fraction of sp³-hybridized carbons (Fsp3) is 0.261. The summed E-state index contributed by atoms with van der Waals surface area (Å²) in [6.07, 6.45) is 0.747. The molecular formula is C23H20N4O5. The number of nitro benzene ring substituents is 1. The van der Waals surface area contributed by atoms with E-state index in [2.05, 4.69) is 0 Å². The lowest BCUT2D eigenvalue weighted by atomic mass is 9.74. The summed E-state index contributed by atoms with van der Waals surface area (Å²) < 4.78 is 3.71. The Kier molecular flexibility index (Phi) is 4.20. The van der Waals surface area contributed by atoms with Gasteiger partial charge in [-0.1, -0.05) is 32.0 Å². The zero-order valence-electron chi connectivity index (χ0n) is 17.5. The summed E-state index contributed by atoms with van der Waals surface area (Å²) >= 11 is 0. The highest BCUT2D eigenvalue weighted by molar-refractivity contribution is 6.04. The summed E-state index contributed by atoms with van der Waals surface area (Å²) in [5.74, 6) is -0.124. The third-order valence-corrected chi connectivity index (χ3v) is 6.08. The number of hydrogen-bond donors (Lipinski definition) is 0. The lowest BCUT2D eigenvalue weighted by Gasteiger charge is -2.30. The summed E-state index contributed by atoms with van der Waals surface area (Å²) in [4.78, 5) is 50.7. The molecule has 1 aliphatic heterocycles. The van der Waals surface area contributed by atoms with E-state index < -0.39 is 22.3 Å². The highest BCUT2D eigenvalue weighted by atomic mass is 16.6. The van der Waals surface area contributed by atoms with Crippen molar-refractivity contribution in [2.75, 3.05) is 0 Å². The van der Waals surface area contributed by atoms with Crippen molar-refractivity contribution < 1.29 is 9.72 Å². The van der Waals surface area contributed by atoms with Crippen LogP contribution in [0, 0.1) is 15.5 Å². The number of para-hydroxylation sites is 1. The van der Waals surface area contributed by atoms with Crippen LogP contribution in [0.5, 0.6) is 0 Å². The topological polar surface area (TPSA) is 109 Å². The number of benzene rings is 2. The Morgan fingerprint density at radius 1 is 0.938 bits per heavy atom. The third-order valence-electron chi connectivity index (χ3n) is 6.08. The van der Waals surface area contributed by atoms with Crippen LogP contribution in [0.3, 0.4) is 0 Å². The average Bonchev–Trinajstić information content (AvgIpc) is 3.21. The summed E-state index contributed by atoms with van der Waals surface area (Å²) in [5.41, 5.74) is 0.337. The first-order valence-corrected chi connectivity index (χ1v) is 10.2. The first-order valence-electron chi connectivity index (χ1n) is 10.2. The fourth-order valence-electron chi connectivity index (χ4n) is 4.74. The molecule has 3 aromatic rings. The molecule has 0 saturated heterocycles. The zero-order valence-corrected chi connectivity index (χ0v) is 17.5. The Morgan fingerprint density at radius 3 is 2.22 bits per heavy atom. The van der Waals surface area contributed by atoms with Crippen LogP contribution in [0.15, 0.2) is 69.8 Å². The molecule has 1 atom stereocenters. The standard InChI is InChI=1S/C23H20N4O5/c1-23(2)12-17-19(18(28)13-23)20(14-8-10-16(11-9-14)27(31)32)26-22(30)24(21(29)25(17)26)15-6-4-3-5-7-15/h3-11,20H,12-13H2,1-2H3. The van der Waals surface area contributed by atoms with E-state index in [1.54, 1.807) is 30.3 Å². The maximum absolute atomic E-state index is 13.5. The van der Waals surface area contributed by atoms with Gasteiger partial charge in [0.1, 0.15) is 6.04 Å². The molecule has 0 saturated carbocycles. The molecule has 9 heteroatoms. The molecule has 2 aliphatic rings. The molecule has 5 rings (SSSR count). The average molecular weight is 432 g/mol. The van der Waals surface area contributed by atoms with Gasteiger partial charge in [-0.2, -0.15) is 0 Å². The highest BCUT2D eigenvalue weighted by Crippen LogP contribution is 2.46. The van der Waals surface area contributed by atoms with E-state index in [0.29, 0.717) is 35.4 Å². The largest absolute Gasteiger partial charge is 0.356 e. The van der Waals surface area contributed by atoms with E-state index in [4.69, 9.17) is 0 Å². The molecule has 2 aromatic carbocycles. The van der Waals surface area contributed by atoms with Gasteiger partial charge in [0, 0.05) is 24.1 Å². The second kappa shape index (κ2) is 6.74. The van der Waals surface area contributed by atoms with Crippen molar-refractivity contribution in [3.05, 3.63) is 96.8 Å². The summed E-state index contributed by atoms with van der Waals surface area (Å²) in [5, 5.41) is 11.1. The number of fused-ring (bicyclic) bond motifs is 2. The molecule has 1 unspecified atom stereocenters. The number of carbonyl (C=O) groups is 1. The number of rotatable bonds is 3. The van der Waals surface area contributed by atoms with Gasteiger partial charge in [-0.05, 0) is 41.7 Å². The van der Waals surface area contributed by atoms with E-state index in [0.717, 1.165) is 4.57 Å². The quantitative estimate of drug-likeness (QED) is 0.467. The van der Waals surface area contributed by atoms with Gasteiger partial charge in [0.15, 0.2) is 5.78 Å². The molecule has 0 radical (unpaired) electrons. The molecule has 0 spiro atoms. The maximum Gasteiger partial charge on any atom is 0.356 e. The van der Waals surface area contributed by atoms with E-state index in [1.165, 1.54) is 33.6 Å². The van der Waals surface area contributed by atoms with Crippen molar-refractivity contribution in [1.29, 1.82) is 0 Å². The number of non-ortho nitro benzene ring substituents is 1. The van der Waals surface area contributed by atoms with Crippen molar-refractivity contribution in [1.82, 2.24) is 13.9 Å². The Hall–Kier alpha value is -4.01. The van der Waals surface area contributed by atoms with Gasteiger partial charge in [0.05, 0.1) is 16.3 Å². The molecule has 162 valence electrons. The van der Waals surface area contributed by atoms with Gasteiger partial charge in [0.2, 0.25) is 0 Å². The van der Waals surface area contributed by atoms with Crippen LogP contribution < -0.4 is 11.4 Å². The van der Waals surface area contributed by atoms with Crippen LogP contribution in [0.2, 0.25) is 0 Å². The third kappa shape index (κ3) is 2.81. The zero-order chi connectivity index (χ0) is 22.8. The molecule has 0 bridgehead atoms. The van der Waals surface area contributed by atoms with Crippen LogP contribution >= 0.6 is 0 Å². The van der Waals surface area contributed by atoms with Crippen LogP contribution in [-0.4, -0.2) is 24.6 Å². The number of nitro groups is 1. The van der Waals surface area contributed by atoms with Crippen LogP contribution in [0.1, 0.15) is 38.3 Å². The minimum absolute atomic E-state index is 0.0938. The van der Waals surface area contributed by atoms with E-state index >= 15 is 0 Å². The van der Waals surface area contributed by atoms with Crippen molar-refractivity contribution in [2.24, 2.45) is 5.41 Å². The second-order valence-corrected chi connectivity index (χ2v) is 8.94. The van der Waals surface area contributed by atoms with Gasteiger partial charge in [-0.25, -0.2) is 23.5 Å². The van der Waals surface area contributed by atoms with Crippen molar-refractivity contribution in [3.8, 4) is 5.69 Å². The predicted octanol–water partition coefficient (Wildman–Crippen LogP) is 2.91. The van der Waals surface area contributed by atoms with E-state index in [9.17, 15) is 24.5 Å². The number of nitrogens with zero attached hydrogens (tertiary/aromatic N) is 4. The van der Waals surface area contributed by atoms with Gasteiger partial charge in [-0.15, -0.1) is 0 Å². The fourth-order valence-corrected chi connectivity index (χ4v) is 4.74. The minimum atomic E-state index is -0.820. The number of hydrogen-bond acceptors (Lipinski definition) is 5. The van der Waals surface area contributed by atoms with Gasteiger partial charge < -0.3 is 0 Å². The lowest BCUT2D eigenvalue weighted by Crippen LogP contribution is -2.33. The number of aromatic nitrogens is 3. The van der Waals surface area contributed by atoms with Crippen molar-refractivity contribution in [3.63, 3.8) is 0 Å². The summed E-state index contributed by atoms with van der Waals surface area (Å²) in [6.45, 7) is 3.91. The molecule has 1 aliphatic carbocycles. The monoisotopic (exact) mass is 432 g/mol. The van der Waals surface area contributed by atoms with Crippen molar-refractivity contribution in [2.45, 2.75) is 32.7 Å². The van der Waals surface area contributed by atoms with E-state index in [-0.39, 0.29) is 16.9 Å². The number of carbonyl (C=O) groups excluding carboxylic acids is 1. The predicted molar refractivity (Wildman–Crippen MR) is 117 cm³/mol. The van der Waals surface area contributed by atoms with Gasteiger partial charge in [-0.3, -0.25) is 14.9 Å². The first-order chi connectivity index (χ1) is 15.2. The summed E-state index contributed by atoms with van der Waals surface area (Å²) in [6, 6.07) is 13.5. The Balaban J connectivity index is 1.80. The van der Waals surface area contributed by atoms with Gasteiger partial charge in [0.25, 0.3) is 5.69 Å². The van der Waals surface area contributed by atoms with Gasteiger partial charge >= 0.3 is 11.4 Å². The second-order valence-electron chi connectivity index (χ2n) is 8.94. The minimum Gasteiger partial charge on any atom is -0.294 e. The Labute approximate surface area is 182 Å². The van der Waals surface area contributed by atoms with Crippen molar-refractivity contribution >= 4 is 17.2 Å². The molecule has 0 N–H and O–H groups in total. The summed E-state index contributed by atoms with van der Waals surface area (Å²) in [7, 11) is 0. The Morgan fingerprint density at radius 2 is 1.59 bits per heavy atom. The SMILES string of the molecule is CC1(C)CC(=O)C2=C(C1)n1c(=O)n(-c3ccccc3)c(=O)n1C2c1ccc([N+](=O)[O-])cc1. The number of Topliss-reactive ketones (excluding diaryl/α,β-unsaturated/α-hetero) is 1. The van der Waals surface area contributed by atoms with Crippen LogP contribution in [0.4, 0.5) is 5.69 Å². The maximum atomic E-state index is 13.5. The normalized spacial score (nSPS) is 19.1. The van der Waals surface area contributed by atoms with Crippen LogP contribution in [0.25, 0.3) is 11.4 Å². The molecular weight excluding hydrogens is 412 g/mol. The highest BCUT2D eigenvalue weighted by Gasteiger charge is 2.45. The Bertz CT molecular complexity index is 1420. The molecule has 2 heterocycles. The lowest BCUT2D eigenvalue weighted by molar-refractivity contribution is -0.384. The molecule has 9 nitrogen and oxygen atoms in total. The number of allylic oxidation sites excluding steroid dienone is 2. The molecule has 0 amide bonds. The molecule has 1 aromatic heterocycles.